The van der Waals surface area contributed by atoms with Crippen LogP contribution in [0.15, 0.2) is 60.7 Å². The summed E-state index contributed by atoms with van der Waals surface area (Å²) < 4.78 is 5.22. The van der Waals surface area contributed by atoms with E-state index in [2.05, 4.69) is 5.32 Å². The summed E-state index contributed by atoms with van der Waals surface area (Å²) in [5, 5.41) is 4.68. The normalized spacial score (nSPS) is 13.1. The monoisotopic (exact) mass is 473 g/mol. The molecule has 4 rings (SSSR count). The molecule has 1 N–H and O–H groups in total. The fourth-order valence-electron chi connectivity index (χ4n) is 4.75. The van der Waals surface area contributed by atoms with Gasteiger partial charge in [0.25, 0.3) is 5.91 Å². The van der Waals surface area contributed by atoms with E-state index < -0.39 is 6.04 Å². The molecule has 0 saturated heterocycles. The lowest BCUT2D eigenvalue weighted by Gasteiger charge is -2.30. The number of benzene rings is 3. The summed E-state index contributed by atoms with van der Waals surface area (Å²) >= 11 is 0. The highest BCUT2D eigenvalue weighted by Crippen LogP contribution is 2.37. The number of anilines is 1. The fraction of sp³-hybridized carbons (Fsp3) is 0.321. The molecule has 0 spiro atoms. The van der Waals surface area contributed by atoms with Crippen LogP contribution in [0.3, 0.4) is 0 Å². The van der Waals surface area contributed by atoms with E-state index in [4.69, 9.17) is 4.74 Å². The van der Waals surface area contributed by atoms with Gasteiger partial charge in [-0.05, 0) is 48.1 Å². The molecule has 7 nitrogen and oxygen atoms in total. The SMILES string of the molecule is CC[C@H](C(=O)NC)N(Cc1ccc(OC)cc1)C(=O)CCCN1C(=O)c2cccc3cccc1c23. The molecular weight excluding hydrogens is 442 g/mol. The average molecular weight is 474 g/mol. The van der Waals surface area contributed by atoms with Crippen LogP contribution in [0.4, 0.5) is 5.69 Å². The van der Waals surface area contributed by atoms with E-state index in [1.807, 2.05) is 67.6 Å². The van der Waals surface area contributed by atoms with Gasteiger partial charge in [-0.2, -0.15) is 0 Å². The highest BCUT2D eigenvalue weighted by atomic mass is 16.5. The van der Waals surface area contributed by atoms with Crippen molar-refractivity contribution in [2.45, 2.75) is 38.8 Å². The van der Waals surface area contributed by atoms with Crippen LogP contribution in [-0.4, -0.2) is 49.4 Å². The molecule has 1 heterocycles. The number of likely N-dealkylation sites (N-methyl/N-ethyl adjacent to an activating group) is 1. The lowest BCUT2D eigenvalue weighted by atomic mass is 10.1. The Labute approximate surface area is 205 Å². The Balaban J connectivity index is 1.47. The first-order chi connectivity index (χ1) is 17.0. The maximum absolute atomic E-state index is 13.4. The molecule has 3 aromatic carbocycles. The van der Waals surface area contributed by atoms with Crippen molar-refractivity contribution in [1.82, 2.24) is 10.2 Å². The molecule has 7 heteroatoms. The van der Waals surface area contributed by atoms with Gasteiger partial charge in [0, 0.05) is 37.5 Å². The minimum absolute atomic E-state index is 0.0314. The third-order valence-corrected chi connectivity index (χ3v) is 6.57. The van der Waals surface area contributed by atoms with Gasteiger partial charge in [0.1, 0.15) is 11.8 Å². The number of ether oxygens (including phenoxy) is 1. The number of methoxy groups -OCH3 is 1. The summed E-state index contributed by atoms with van der Waals surface area (Å²) in [5.41, 5.74) is 2.51. The van der Waals surface area contributed by atoms with Crippen molar-refractivity contribution in [1.29, 1.82) is 0 Å². The molecule has 0 aliphatic carbocycles. The summed E-state index contributed by atoms with van der Waals surface area (Å²) in [6.45, 7) is 2.66. The van der Waals surface area contributed by atoms with Gasteiger partial charge in [-0.25, -0.2) is 0 Å². The van der Waals surface area contributed by atoms with Crippen LogP contribution in [0.5, 0.6) is 5.75 Å². The zero-order valence-corrected chi connectivity index (χ0v) is 20.4. The third kappa shape index (κ3) is 4.85. The molecule has 0 bridgehead atoms. The summed E-state index contributed by atoms with van der Waals surface area (Å²) in [7, 11) is 3.19. The van der Waals surface area contributed by atoms with Crippen LogP contribution >= 0.6 is 0 Å². The van der Waals surface area contributed by atoms with Crippen molar-refractivity contribution in [3.05, 3.63) is 71.8 Å². The largest absolute Gasteiger partial charge is 0.497 e. The third-order valence-electron chi connectivity index (χ3n) is 6.57. The van der Waals surface area contributed by atoms with Crippen molar-refractivity contribution in [2.75, 3.05) is 25.6 Å². The predicted molar refractivity (Wildman–Crippen MR) is 137 cm³/mol. The summed E-state index contributed by atoms with van der Waals surface area (Å²) in [5.74, 6) is 0.400. The van der Waals surface area contributed by atoms with E-state index >= 15 is 0 Å². The topological polar surface area (TPSA) is 79.0 Å². The number of amides is 3. The molecule has 0 saturated carbocycles. The Bertz CT molecular complexity index is 1230. The first kappa shape index (κ1) is 24.3. The van der Waals surface area contributed by atoms with Crippen LogP contribution in [-0.2, 0) is 16.1 Å². The molecule has 35 heavy (non-hydrogen) atoms. The molecule has 1 aliphatic heterocycles. The van der Waals surface area contributed by atoms with Gasteiger partial charge < -0.3 is 19.9 Å². The van der Waals surface area contributed by atoms with Crippen molar-refractivity contribution < 1.29 is 19.1 Å². The Morgan fingerprint density at radius 3 is 2.43 bits per heavy atom. The van der Waals surface area contributed by atoms with E-state index in [1.54, 1.807) is 24.0 Å². The minimum Gasteiger partial charge on any atom is -0.497 e. The first-order valence-corrected chi connectivity index (χ1v) is 12.0. The summed E-state index contributed by atoms with van der Waals surface area (Å²) in [6.07, 6.45) is 1.24. The lowest BCUT2D eigenvalue weighted by molar-refractivity contribution is -0.141. The number of rotatable bonds is 10. The molecule has 3 aromatic rings. The second-order valence-electron chi connectivity index (χ2n) is 8.65. The zero-order chi connectivity index (χ0) is 24.9. The van der Waals surface area contributed by atoms with Crippen molar-refractivity contribution in [3.63, 3.8) is 0 Å². The zero-order valence-electron chi connectivity index (χ0n) is 20.4. The van der Waals surface area contributed by atoms with Crippen molar-refractivity contribution in [3.8, 4) is 5.75 Å². The first-order valence-electron chi connectivity index (χ1n) is 12.0. The van der Waals surface area contributed by atoms with Crippen molar-refractivity contribution >= 4 is 34.2 Å². The van der Waals surface area contributed by atoms with Crippen molar-refractivity contribution in [2.24, 2.45) is 0 Å². The van der Waals surface area contributed by atoms with E-state index in [9.17, 15) is 14.4 Å². The van der Waals surface area contributed by atoms with E-state index in [0.29, 0.717) is 31.5 Å². The molecule has 1 aliphatic rings. The molecule has 0 radical (unpaired) electrons. The minimum atomic E-state index is -0.568. The van der Waals surface area contributed by atoms with E-state index in [0.717, 1.165) is 27.8 Å². The number of nitrogens with one attached hydrogen (secondary N) is 1. The summed E-state index contributed by atoms with van der Waals surface area (Å²) in [6, 6.07) is 18.6. The smallest absolute Gasteiger partial charge is 0.258 e. The molecule has 0 aromatic heterocycles. The molecule has 0 fully saturated rings. The van der Waals surface area contributed by atoms with Gasteiger partial charge >= 0.3 is 0 Å². The fourth-order valence-corrected chi connectivity index (χ4v) is 4.75. The predicted octanol–water partition coefficient (Wildman–Crippen LogP) is 4.14. The van der Waals surface area contributed by atoms with Crippen LogP contribution < -0.4 is 15.0 Å². The Morgan fingerprint density at radius 1 is 1.06 bits per heavy atom. The Kier molecular flexibility index (Phi) is 7.34. The number of hydrogen-bond acceptors (Lipinski definition) is 4. The van der Waals surface area contributed by atoms with E-state index in [1.165, 1.54) is 0 Å². The highest BCUT2D eigenvalue weighted by Gasteiger charge is 2.31. The van der Waals surface area contributed by atoms with Gasteiger partial charge in [0.05, 0.1) is 12.8 Å². The van der Waals surface area contributed by atoms with Gasteiger partial charge in [0.15, 0.2) is 0 Å². The van der Waals surface area contributed by atoms with Gasteiger partial charge in [-0.1, -0.05) is 43.3 Å². The standard InChI is InChI=1S/C28H31N3O4/c1-4-23(27(33)29-2)31(18-19-13-15-21(35-3)16-14-19)25(32)12-7-17-30-24-11-6-9-20-8-5-10-22(26(20)24)28(30)34/h5-6,8-11,13-16,23H,4,7,12,17-18H2,1-3H3,(H,29,33)/t23-/m1/s1. The van der Waals surface area contributed by atoms with Gasteiger partial charge in [-0.3, -0.25) is 14.4 Å². The van der Waals surface area contributed by atoms with Crippen LogP contribution in [0.25, 0.3) is 10.8 Å². The Morgan fingerprint density at radius 2 is 1.77 bits per heavy atom. The highest BCUT2D eigenvalue weighted by molar-refractivity contribution is 6.25. The maximum atomic E-state index is 13.4. The molecule has 0 unspecified atom stereocenters. The quantitative estimate of drug-likeness (QED) is 0.480. The Hall–Kier alpha value is -3.87. The number of nitrogens with zero attached hydrogens (tertiary/aromatic N) is 2. The molecule has 1 atom stereocenters. The van der Waals surface area contributed by atoms with Gasteiger partial charge in [-0.15, -0.1) is 0 Å². The number of hydrogen-bond donors (Lipinski definition) is 1. The second kappa shape index (κ2) is 10.6. The van der Waals surface area contributed by atoms with E-state index in [-0.39, 0.29) is 24.1 Å². The molecule has 182 valence electrons. The molecule has 3 amide bonds. The number of carbonyl (C=O) groups excluding carboxylic acids is 3. The van der Waals surface area contributed by atoms with Crippen LogP contribution in [0.2, 0.25) is 0 Å². The number of carbonyl (C=O) groups is 3. The van der Waals surface area contributed by atoms with Crippen LogP contribution in [0, 0.1) is 0 Å². The average Bonchev–Trinajstić information content (AvgIpc) is 3.16. The lowest BCUT2D eigenvalue weighted by Crippen LogP contribution is -2.48. The maximum Gasteiger partial charge on any atom is 0.258 e. The molecular formula is C28H31N3O4. The van der Waals surface area contributed by atoms with Gasteiger partial charge in [0.2, 0.25) is 11.8 Å². The van der Waals surface area contributed by atoms with Crippen LogP contribution in [0.1, 0.15) is 42.1 Å². The summed E-state index contributed by atoms with van der Waals surface area (Å²) in [4.78, 5) is 42.4. The second-order valence-corrected chi connectivity index (χ2v) is 8.65.